The summed E-state index contributed by atoms with van der Waals surface area (Å²) in [5.74, 6) is 0.299. The Bertz CT molecular complexity index is 657. The molecule has 1 aliphatic heterocycles. The highest BCUT2D eigenvalue weighted by Gasteiger charge is 2.55. The molecule has 1 saturated heterocycles. The summed E-state index contributed by atoms with van der Waals surface area (Å²) in [5, 5.41) is 6.98. The average molecular weight is 315 g/mol. The van der Waals surface area contributed by atoms with Gasteiger partial charge in [-0.05, 0) is 44.1 Å². The van der Waals surface area contributed by atoms with Crippen LogP contribution >= 0.6 is 0 Å². The number of amides is 1. The van der Waals surface area contributed by atoms with Crippen molar-refractivity contribution in [2.24, 2.45) is 5.41 Å². The molecule has 124 valence electrons. The molecular formula is C18H25N3O2. The number of rotatable bonds is 4. The summed E-state index contributed by atoms with van der Waals surface area (Å²) in [6.07, 6.45) is 10.0. The van der Waals surface area contributed by atoms with Gasteiger partial charge in [0.25, 0.3) is 0 Å². The molecule has 5 nitrogen and oxygen atoms in total. The van der Waals surface area contributed by atoms with E-state index in [0.717, 1.165) is 56.1 Å². The van der Waals surface area contributed by atoms with E-state index in [9.17, 15) is 9.59 Å². The van der Waals surface area contributed by atoms with Crippen LogP contribution in [0.1, 0.15) is 68.4 Å². The van der Waals surface area contributed by atoms with E-state index in [1.165, 1.54) is 0 Å². The van der Waals surface area contributed by atoms with Crippen molar-refractivity contribution in [1.29, 1.82) is 0 Å². The largest absolute Gasteiger partial charge is 0.339 e. The number of nitrogens with zero attached hydrogens (tertiary/aromatic N) is 2. The molecule has 5 heteroatoms. The first-order chi connectivity index (χ1) is 11.0. The monoisotopic (exact) mass is 315 g/mol. The summed E-state index contributed by atoms with van der Waals surface area (Å²) >= 11 is 0. The lowest BCUT2D eigenvalue weighted by Crippen LogP contribution is -2.44. The SMILES string of the molecule is CCC1(CC)CC2(CC=C(c3n[nH]cc3C=O)CC2)N(C)C1=O. The van der Waals surface area contributed by atoms with E-state index in [1.807, 2.05) is 11.9 Å². The minimum absolute atomic E-state index is 0.0652. The van der Waals surface area contributed by atoms with Gasteiger partial charge in [0.15, 0.2) is 6.29 Å². The molecule has 2 heterocycles. The molecule has 0 aromatic carbocycles. The van der Waals surface area contributed by atoms with Crippen LogP contribution in [0.15, 0.2) is 12.3 Å². The molecule has 1 aliphatic carbocycles. The Labute approximate surface area is 137 Å². The topological polar surface area (TPSA) is 66.1 Å². The Morgan fingerprint density at radius 1 is 1.39 bits per heavy atom. The maximum atomic E-state index is 12.8. The number of hydrogen-bond acceptors (Lipinski definition) is 3. The third kappa shape index (κ3) is 2.25. The van der Waals surface area contributed by atoms with Crippen molar-refractivity contribution in [2.45, 2.75) is 57.9 Å². The molecule has 1 amide bonds. The molecule has 0 bridgehead atoms. The van der Waals surface area contributed by atoms with Crippen molar-refractivity contribution in [3.8, 4) is 0 Å². The Kier molecular flexibility index (Phi) is 3.90. The van der Waals surface area contributed by atoms with Gasteiger partial charge in [-0.3, -0.25) is 14.7 Å². The van der Waals surface area contributed by atoms with E-state index in [2.05, 4.69) is 30.1 Å². The quantitative estimate of drug-likeness (QED) is 0.868. The minimum Gasteiger partial charge on any atom is -0.339 e. The lowest BCUT2D eigenvalue weighted by molar-refractivity contribution is -0.137. The summed E-state index contributed by atoms with van der Waals surface area (Å²) in [7, 11) is 1.96. The van der Waals surface area contributed by atoms with Crippen molar-refractivity contribution in [2.75, 3.05) is 7.05 Å². The zero-order chi connectivity index (χ0) is 16.7. The highest BCUT2D eigenvalue weighted by Crippen LogP contribution is 2.52. The van der Waals surface area contributed by atoms with E-state index in [1.54, 1.807) is 6.20 Å². The minimum atomic E-state index is -0.194. The van der Waals surface area contributed by atoms with Gasteiger partial charge in [-0.1, -0.05) is 19.9 Å². The number of aromatic amines is 1. The van der Waals surface area contributed by atoms with Crippen LogP contribution in [0.2, 0.25) is 0 Å². The fourth-order valence-electron chi connectivity index (χ4n) is 4.41. The first kappa shape index (κ1) is 16.0. The van der Waals surface area contributed by atoms with Gasteiger partial charge in [-0.2, -0.15) is 5.10 Å². The van der Waals surface area contributed by atoms with E-state index in [4.69, 9.17) is 0 Å². The molecule has 1 atom stereocenters. The van der Waals surface area contributed by atoms with Crippen LogP contribution in [-0.4, -0.2) is 39.9 Å². The van der Waals surface area contributed by atoms with E-state index < -0.39 is 0 Å². The predicted octanol–water partition coefficient (Wildman–Crippen LogP) is 3.20. The molecular weight excluding hydrogens is 290 g/mol. The van der Waals surface area contributed by atoms with Gasteiger partial charge in [0.1, 0.15) is 0 Å². The summed E-state index contributed by atoms with van der Waals surface area (Å²) in [6, 6.07) is 0. The van der Waals surface area contributed by atoms with Gasteiger partial charge in [0.2, 0.25) is 5.91 Å². The number of hydrogen-bond donors (Lipinski definition) is 1. The molecule has 1 aromatic heterocycles. The predicted molar refractivity (Wildman–Crippen MR) is 88.9 cm³/mol. The van der Waals surface area contributed by atoms with Gasteiger partial charge in [0, 0.05) is 18.8 Å². The Morgan fingerprint density at radius 2 is 2.13 bits per heavy atom. The van der Waals surface area contributed by atoms with Gasteiger partial charge in [-0.15, -0.1) is 0 Å². The number of aldehydes is 1. The molecule has 23 heavy (non-hydrogen) atoms. The van der Waals surface area contributed by atoms with Crippen molar-refractivity contribution >= 4 is 17.8 Å². The highest BCUT2D eigenvalue weighted by atomic mass is 16.2. The van der Waals surface area contributed by atoms with Crippen LogP contribution in [-0.2, 0) is 4.79 Å². The van der Waals surface area contributed by atoms with Gasteiger partial charge >= 0.3 is 0 Å². The zero-order valence-electron chi connectivity index (χ0n) is 14.2. The maximum Gasteiger partial charge on any atom is 0.229 e. The second kappa shape index (κ2) is 5.62. The molecule has 3 rings (SSSR count). The maximum absolute atomic E-state index is 12.8. The van der Waals surface area contributed by atoms with Gasteiger partial charge in [0.05, 0.1) is 16.7 Å². The van der Waals surface area contributed by atoms with E-state index in [0.29, 0.717) is 11.5 Å². The van der Waals surface area contributed by atoms with Gasteiger partial charge < -0.3 is 4.90 Å². The summed E-state index contributed by atoms with van der Waals surface area (Å²) in [6.45, 7) is 4.25. The Balaban J connectivity index is 1.88. The fraction of sp³-hybridized carbons (Fsp3) is 0.611. The normalized spacial score (nSPS) is 26.7. The first-order valence-electron chi connectivity index (χ1n) is 8.48. The van der Waals surface area contributed by atoms with Crippen LogP contribution < -0.4 is 0 Å². The molecule has 0 saturated carbocycles. The van der Waals surface area contributed by atoms with E-state index in [-0.39, 0.29) is 11.0 Å². The Morgan fingerprint density at radius 3 is 2.65 bits per heavy atom. The van der Waals surface area contributed by atoms with Crippen LogP contribution in [0.5, 0.6) is 0 Å². The van der Waals surface area contributed by atoms with Crippen molar-refractivity contribution < 1.29 is 9.59 Å². The third-order valence-electron chi connectivity index (χ3n) is 6.18. The summed E-state index contributed by atoms with van der Waals surface area (Å²) in [4.78, 5) is 25.9. The lowest BCUT2D eigenvalue weighted by Gasteiger charge is -2.38. The molecule has 1 fully saturated rings. The van der Waals surface area contributed by atoms with E-state index >= 15 is 0 Å². The number of carbonyl (C=O) groups is 2. The first-order valence-corrected chi connectivity index (χ1v) is 8.48. The fourth-order valence-corrected chi connectivity index (χ4v) is 4.41. The van der Waals surface area contributed by atoms with Crippen LogP contribution in [0, 0.1) is 5.41 Å². The molecule has 1 aromatic rings. The third-order valence-corrected chi connectivity index (χ3v) is 6.18. The lowest BCUT2D eigenvalue weighted by atomic mass is 9.71. The number of H-pyrrole nitrogens is 1. The number of carbonyl (C=O) groups excluding carboxylic acids is 2. The number of nitrogens with one attached hydrogen (secondary N) is 1. The van der Waals surface area contributed by atoms with Crippen LogP contribution in [0.25, 0.3) is 5.57 Å². The standard InChI is InChI=1S/C18H25N3O2/c1-4-17(5-2)12-18(21(3)16(17)23)8-6-13(7-9-18)15-14(11-22)10-19-20-15/h6,10-11H,4-5,7-9,12H2,1-3H3,(H,19,20). The molecule has 1 N–H and O–H groups in total. The van der Waals surface area contributed by atoms with Crippen molar-refractivity contribution in [3.05, 3.63) is 23.5 Å². The summed E-state index contributed by atoms with van der Waals surface area (Å²) < 4.78 is 0. The van der Waals surface area contributed by atoms with Gasteiger partial charge in [-0.25, -0.2) is 0 Å². The number of allylic oxidation sites excluding steroid dienone is 1. The van der Waals surface area contributed by atoms with Crippen molar-refractivity contribution in [1.82, 2.24) is 15.1 Å². The highest BCUT2D eigenvalue weighted by molar-refractivity contribution is 5.87. The van der Waals surface area contributed by atoms with Crippen LogP contribution in [0.4, 0.5) is 0 Å². The summed E-state index contributed by atoms with van der Waals surface area (Å²) in [5.41, 5.74) is 2.23. The molecule has 2 aliphatic rings. The van der Waals surface area contributed by atoms with Crippen molar-refractivity contribution in [3.63, 3.8) is 0 Å². The zero-order valence-corrected chi connectivity index (χ0v) is 14.2. The molecule has 0 radical (unpaired) electrons. The second-order valence-electron chi connectivity index (χ2n) is 6.99. The average Bonchev–Trinajstić information content (AvgIpc) is 3.14. The van der Waals surface area contributed by atoms with Crippen LogP contribution in [0.3, 0.4) is 0 Å². The molecule has 1 unspecified atom stereocenters. The number of aromatic nitrogens is 2. The molecule has 1 spiro atoms. The smallest absolute Gasteiger partial charge is 0.229 e. The Hall–Kier alpha value is -1.91. The second-order valence-corrected chi connectivity index (χ2v) is 6.99. The number of likely N-dealkylation sites (tertiary alicyclic amines) is 1.